The highest BCUT2D eigenvalue weighted by Gasteiger charge is 2.67. The second-order valence-electron chi connectivity index (χ2n) is 18.1. The fraction of sp³-hybridized carbons (Fsp3) is 0.800. The molecule has 1 amide bonds. The Labute approximate surface area is 280 Å². The van der Waals surface area contributed by atoms with Crippen molar-refractivity contribution in [2.24, 2.45) is 51.6 Å². The van der Waals surface area contributed by atoms with E-state index in [9.17, 15) is 14.7 Å². The number of carbonyl (C=O) groups excluding carboxylic acids is 1. The Balaban J connectivity index is 1.46. The molecule has 0 radical (unpaired) electrons. The maximum atomic E-state index is 13.2. The van der Waals surface area contributed by atoms with Gasteiger partial charge in [-0.05, 0) is 148 Å². The van der Waals surface area contributed by atoms with Crippen molar-refractivity contribution in [2.45, 2.75) is 136 Å². The van der Waals surface area contributed by atoms with Crippen LogP contribution in [0.3, 0.4) is 0 Å². The number of carboxylic acid groups (broad SMARTS) is 1. The van der Waals surface area contributed by atoms with Gasteiger partial charge in [0.2, 0.25) is 5.91 Å². The molecule has 0 unspecified atom stereocenters. The Kier molecular flexibility index (Phi) is 9.63. The van der Waals surface area contributed by atoms with Gasteiger partial charge in [0, 0.05) is 11.1 Å². The van der Waals surface area contributed by atoms with Crippen LogP contribution in [0.2, 0.25) is 0 Å². The fourth-order valence-electron chi connectivity index (χ4n) is 12.5. The molecule has 0 aliphatic heterocycles. The Morgan fingerprint density at radius 3 is 2.24 bits per heavy atom. The van der Waals surface area contributed by atoms with Gasteiger partial charge in [0.1, 0.15) is 0 Å². The summed E-state index contributed by atoms with van der Waals surface area (Å²) in [6.07, 6.45) is 12.3. The predicted octanol–water partition coefficient (Wildman–Crippen LogP) is 8.11. The third-order valence-electron chi connectivity index (χ3n) is 14.8. The molecule has 5 rings (SSSR count). The van der Waals surface area contributed by atoms with Crippen LogP contribution in [0, 0.1) is 45.8 Å². The largest absolute Gasteiger partial charge is 0.478 e. The van der Waals surface area contributed by atoms with Gasteiger partial charge in [-0.15, -0.1) is 0 Å². The van der Waals surface area contributed by atoms with Gasteiger partial charge in [0.15, 0.2) is 0 Å². The van der Waals surface area contributed by atoms with E-state index in [0.717, 1.165) is 38.5 Å². The van der Waals surface area contributed by atoms with E-state index in [0.29, 0.717) is 47.6 Å². The first-order valence-corrected chi connectivity index (χ1v) is 18.5. The molecule has 9 atom stereocenters. The van der Waals surface area contributed by atoms with Crippen LogP contribution in [0.4, 0.5) is 0 Å². The molecule has 46 heavy (non-hydrogen) atoms. The van der Waals surface area contributed by atoms with Crippen LogP contribution in [-0.4, -0.2) is 53.6 Å². The maximum absolute atomic E-state index is 13.2. The molecular weight excluding hydrogens is 570 g/mol. The Morgan fingerprint density at radius 1 is 0.978 bits per heavy atom. The van der Waals surface area contributed by atoms with Gasteiger partial charge in [0.25, 0.3) is 0 Å². The number of nitrogens with zero attached hydrogens (tertiary/aromatic N) is 1. The summed E-state index contributed by atoms with van der Waals surface area (Å²) in [4.78, 5) is 26.7. The van der Waals surface area contributed by atoms with Crippen LogP contribution >= 0.6 is 0 Å². The maximum Gasteiger partial charge on any atom is 0.335 e. The second kappa shape index (κ2) is 12.5. The van der Waals surface area contributed by atoms with Crippen molar-refractivity contribution in [3.8, 4) is 0 Å². The van der Waals surface area contributed by atoms with E-state index in [1.165, 1.54) is 37.7 Å². The number of carbonyl (C=O) groups is 2. The first-order valence-electron chi connectivity index (χ1n) is 18.5. The number of rotatable bonds is 9. The van der Waals surface area contributed by atoms with Crippen molar-refractivity contribution >= 4 is 11.9 Å². The number of nitrogens with one attached hydrogen (secondary N) is 1. The quantitative estimate of drug-likeness (QED) is 0.255. The molecule has 4 saturated carbocycles. The SMILES string of the molecule is CCC[C@@H]1[C@@]2(C)CC[C@@H](c3ccc(C(=O)O)cc3)C(C)(C)[C@@H]2CC[C@@]1(C)[C@]1(N)CC[C@@]2(NC(=O)CN(C)C)CC[C@@H](C(C)C)[C@@H]2C1. The molecular formula is C40H65N3O3. The fourth-order valence-corrected chi connectivity index (χ4v) is 12.5. The van der Waals surface area contributed by atoms with Crippen molar-refractivity contribution in [1.29, 1.82) is 0 Å². The van der Waals surface area contributed by atoms with Gasteiger partial charge < -0.3 is 21.1 Å². The minimum absolute atomic E-state index is 0.0320. The number of nitrogens with two attached hydrogens (primary N) is 1. The number of hydrogen-bond donors (Lipinski definition) is 3. The highest BCUT2D eigenvalue weighted by molar-refractivity contribution is 5.87. The molecule has 4 fully saturated rings. The number of amides is 1. The van der Waals surface area contributed by atoms with Gasteiger partial charge >= 0.3 is 5.97 Å². The third kappa shape index (κ3) is 5.76. The summed E-state index contributed by atoms with van der Waals surface area (Å²) >= 11 is 0. The van der Waals surface area contributed by atoms with E-state index in [1.807, 2.05) is 19.0 Å². The molecule has 4 aliphatic rings. The van der Waals surface area contributed by atoms with Gasteiger partial charge in [-0.3, -0.25) is 4.79 Å². The Morgan fingerprint density at radius 2 is 1.65 bits per heavy atom. The summed E-state index contributed by atoms with van der Waals surface area (Å²) in [5.41, 5.74) is 9.50. The molecule has 0 saturated heterocycles. The average Bonchev–Trinajstić information content (AvgIpc) is 3.32. The Bertz CT molecular complexity index is 1270. The molecule has 258 valence electrons. The van der Waals surface area contributed by atoms with Gasteiger partial charge in [-0.2, -0.15) is 0 Å². The van der Waals surface area contributed by atoms with E-state index >= 15 is 0 Å². The van der Waals surface area contributed by atoms with Crippen molar-refractivity contribution in [3.05, 3.63) is 35.4 Å². The molecule has 1 aromatic rings. The zero-order valence-corrected chi connectivity index (χ0v) is 30.5. The van der Waals surface area contributed by atoms with E-state index in [4.69, 9.17) is 5.73 Å². The number of benzene rings is 1. The number of aromatic carboxylic acids is 1. The lowest BCUT2D eigenvalue weighted by atomic mass is 9.37. The lowest BCUT2D eigenvalue weighted by Crippen LogP contribution is -2.70. The van der Waals surface area contributed by atoms with Crippen LogP contribution in [0.15, 0.2) is 24.3 Å². The molecule has 6 nitrogen and oxygen atoms in total. The van der Waals surface area contributed by atoms with Crippen molar-refractivity contribution in [3.63, 3.8) is 0 Å². The lowest BCUT2D eigenvalue weighted by molar-refractivity contribution is -0.171. The summed E-state index contributed by atoms with van der Waals surface area (Å²) in [6.45, 7) is 17.7. The molecule has 6 heteroatoms. The number of carboxylic acids is 1. The molecule has 0 spiro atoms. The normalized spacial score (nSPS) is 40.4. The highest BCUT2D eigenvalue weighted by Crippen LogP contribution is 2.71. The standard InChI is InChI=1S/C40H65N3O3/c1-10-11-33-37(6)19-17-30(27-12-14-28(15-13-27)35(45)46)36(4,5)32(37)18-20-38(33,7)40(41)23-22-39(42-34(44)25-43(8)9)21-16-29(26(2)3)31(39)24-40/h12-15,26,29-33H,10-11,16-25,41H2,1-9H3,(H,42,44)(H,45,46)/t29-,30-,31-,32-,33+,37-,38+,39-,40-/m0/s1. The Hall–Kier alpha value is -1.92. The average molecular weight is 636 g/mol. The smallest absolute Gasteiger partial charge is 0.335 e. The summed E-state index contributed by atoms with van der Waals surface area (Å²) in [6, 6.07) is 7.72. The highest BCUT2D eigenvalue weighted by atomic mass is 16.4. The molecule has 1 aromatic carbocycles. The number of fused-ring (bicyclic) bond motifs is 2. The zero-order chi connectivity index (χ0) is 33.9. The van der Waals surface area contributed by atoms with Crippen LogP contribution in [0.5, 0.6) is 0 Å². The molecule has 4 aliphatic carbocycles. The summed E-state index contributed by atoms with van der Waals surface area (Å²) in [7, 11) is 3.95. The van der Waals surface area contributed by atoms with Crippen LogP contribution in [0.25, 0.3) is 0 Å². The topological polar surface area (TPSA) is 95.7 Å². The second-order valence-corrected chi connectivity index (χ2v) is 18.1. The number of hydrogen-bond acceptors (Lipinski definition) is 4. The molecule has 0 bridgehead atoms. The molecule has 0 heterocycles. The first-order chi connectivity index (χ1) is 21.4. The first kappa shape index (κ1) is 35.4. The number of likely N-dealkylation sites (N-methyl/N-ethyl adjacent to an activating group) is 1. The minimum Gasteiger partial charge on any atom is -0.478 e. The molecule has 0 aromatic heterocycles. The van der Waals surface area contributed by atoms with E-state index < -0.39 is 5.97 Å². The van der Waals surface area contributed by atoms with Gasteiger partial charge in [-0.25, -0.2) is 4.79 Å². The van der Waals surface area contributed by atoms with Crippen LogP contribution in [0.1, 0.15) is 141 Å². The van der Waals surface area contributed by atoms with E-state index in [2.05, 4.69) is 65.9 Å². The molecule has 4 N–H and O–H groups in total. The van der Waals surface area contributed by atoms with Crippen molar-refractivity contribution < 1.29 is 14.7 Å². The van der Waals surface area contributed by atoms with Crippen LogP contribution < -0.4 is 11.1 Å². The van der Waals surface area contributed by atoms with Crippen molar-refractivity contribution in [1.82, 2.24) is 10.2 Å². The van der Waals surface area contributed by atoms with E-state index in [-0.39, 0.29) is 33.2 Å². The van der Waals surface area contributed by atoms with Crippen molar-refractivity contribution in [2.75, 3.05) is 20.6 Å². The zero-order valence-electron chi connectivity index (χ0n) is 30.5. The lowest BCUT2D eigenvalue weighted by Gasteiger charge is -2.69. The van der Waals surface area contributed by atoms with E-state index in [1.54, 1.807) is 12.1 Å². The minimum atomic E-state index is -0.861. The van der Waals surface area contributed by atoms with Gasteiger partial charge in [-0.1, -0.05) is 67.0 Å². The summed E-state index contributed by atoms with van der Waals surface area (Å²) < 4.78 is 0. The summed E-state index contributed by atoms with van der Waals surface area (Å²) in [5.74, 6) is 2.41. The predicted molar refractivity (Wildman–Crippen MR) is 188 cm³/mol. The van der Waals surface area contributed by atoms with Gasteiger partial charge in [0.05, 0.1) is 12.1 Å². The van der Waals surface area contributed by atoms with Crippen LogP contribution in [-0.2, 0) is 4.79 Å². The monoisotopic (exact) mass is 636 g/mol. The summed E-state index contributed by atoms with van der Waals surface area (Å²) in [5, 5.41) is 13.1. The third-order valence-corrected chi connectivity index (χ3v) is 14.8.